The average Bonchev–Trinajstić information content (AvgIpc) is 2.57. The van der Waals surface area contributed by atoms with Crippen LogP contribution in [0.2, 0.25) is 0 Å². The summed E-state index contributed by atoms with van der Waals surface area (Å²) in [7, 11) is 0. The molecule has 2 aliphatic heterocycles. The predicted octanol–water partition coefficient (Wildman–Crippen LogP) is 0.0225. The van der Waals surface area contributed by atoms with E-state index in [0.29, 0.717) is 12.8 Å². The predicted molar refractivity (Wildman–Crippen MR) is 44.4 cm³/mol. The molecule has 3 atom stereocenters. The third-order valence-electron chi connectivity index (χ3n) is 2.40. The van der Waals surface area contributed by atoms with Crippen LogP contribution in [0.25, 0.3) is 0 Å². The summed E-state index contributed by atoms with van der Waals surface area (Å²) in [5.41, 5.74) is 0. The molecule has 0 aliphatic carbocycles. The zero-order valence-electron chi connectivity index (χ0n) is 7.89. The first-order chi connectivity index (χ1) is 6.65. The van der Waals surface area contributed by atoms with Crippen LogP contribution in [0.1, 0.15) is 19.8 Å². The maximum absolute atomic E-state index is 10.8. The van der Waals surface area contributed by atoms with Gasteiger partial charge in [-0.3, -0.25) is 9.59 Å². The first-order valence-electron chi connectivity index (χ1n) is 4.63. The Kier molecular flexibility index (Phi) is 2.41. The van der Waals surface area contributed by atoms with Crippen LogP contribution < -0.4 is 0 Å². The van der Waals surface area contributed by atoms with E-state index in [0.717, 1.165) is 0 Å². The summed E-state index contributed by atoms with van der Waals surface area (Å²) in [6.07, 6.45) is 0.554. The summed E-state index contributed by atoms with van der Waals surface area (Å²) in [5, 5.41) is 0. The van der Waals surface area contributed by atoms with Crippen molar-refractivity contribution in [2.75, 3.05) is 6.61 Å². The smallest absolute Gasteiger partial charge is 0.308 e. The molecule has 0 saturated carbocycles. The monoisotopic (exact) mass is 200 g/mol. The van der Waals surface area contributed by atoms with E-state index < -0.39 is 0 Å². The Hall–Kier alpha value is -1.10. The molecule has 2 heterocycles. The van der Waals surface area contributed by atoms with Gasteiger partial charge in [0.05, 0.1) is 12.5 Å². The molecule has 14 heavy (non-hydrogen) atoms. The van der Waals surface area contributed by atoms with Crippen LogP contribution in [0.3, 0.4) is 0 Å². The molecule has 0 radical (unpaired) electrons. The second kappa shape index (κ2) is 3.57. The van der Waals surface area contributed by atoms with Crippen LogP contribution in [0.4, 0.5) is 0 Å². The number of esters is 2. The summed E-state index contributed by atoms with van der Waals surface area (Å²) in [5.74, 6) is -0.520. The average molecular weight is 200 g/mol. The highest BCUT2D eigenvalue weighted by molar-refractivity contribution is 5.72. The zero-order chi connectivity index (χ0) is 10.1. The van der Waals surface area contributed by atoms with E-state index in [1.54, 1.807) is 0 Å². The van der Waals surface area contributed by atoms with Crippen molar-refractivity contribution in [3.63, 3.8) is 0 Å². The Labute approximate surface area is 81.3 Å². The number of carbonyl (C=O) groups excluding carboxylic acids is 2. The lowest BCUT2D eigenvalue weighted by Crippen LogP contribution is -2.19. The van der Waals surface area contributed by atoms with Gasteiger partial charge in [0.15, 0.2) is 0 Å². The van der Waals surface area contributed by atoms with Gasteiger partial charge in [0.1, 0.15) is 18.8 Å². The largest absolute Gasteiger partial charge is 0.463 e. The number of ether oxygens (including phenoxy) is 3. The Morgan fingerprint density at radius 2 is 2.36 bits per heavy atom. The van der Waals surface area contributed by atoms with Gasteiger partial charge in [-0.05, 0) is 0 Å². The maximum atomic E-state index is 10.8. The molecule has 5 nitrogen and oxygen atoms in total. The van der Waals surface area contributed by atoms with Crippen molar-refractivity contribution in [3.8, 4) is 0 Å². The molecule has 0 aromatic carbocycles. The fourth-order valence-corrected chi connectivity index (χ4v) is 1.80. The topological polar surface area (TPSA) is 61.8 Å². The van der Waals surface area contributed by atoms with Crippen molar-refractivity contribution >= 4 is 11.9 Å². The van der Waals surface area contributed by atoms with E-state index in [1.807, 2.05) is 0 Å². The van der Waals surface area contributed by atoms with E-state index in [4.69, 9.17) is 14.2 Å². The van der Waals surface area contributed by atoms with Gasteiger partial charge < -0.3 is 14.2 Å². The molecule has 2 saturated heterocycles. The highest BCUT2D eigenvalue weighted by atomic mass is 16.6. The second-order valence-corrected chi connectivity index (χ2v) is 3.57. The Balaban J connectivity index is 1.79. The number of rotatable bonds is 2. The van der Waals surface area contributed by atoms with Crippen LogP contribution in [0, 0.1) is 0 Å². The van der Waals surface area contributed by atoms with Crippen LogP contribution in [0.5, 0.6) is 0 Å². The van der Waals surface area contributed by atoms with E-state index in [2.05, 4.69) is 0 Å². The minimum atomic E-state index is -0.317. The molecule has 0 amide bonds. The van der Waals surface area contributed by atoms with Crippen molar-refractivity contribution < 1.29 is 23.8 Å². The second-order valence-electron chi connectivity index (χ2n) is 3.57. The van der Waals surface area contributed by atoms with Gasteiger partial charge in [0, 0.05) is 13.3 Å². The molecule has 5 heteroatoms. The van der Waals surface area contributed by atoms with Crippen molar-refractivity contribution in [2.45, 2.75) is 38.1 Å². The lowest BCUT2D eigenvalue weighted by Gasteiger charge is -2.10. The van der Waals surface area contributed by atoms with Crippen molar-refractivity contribution in [1.82, 2.24) is 0 Å². The maximum Gasteiger partial charge on any atom is 0.308 e. The van der Waals surface area contributed by atoms with Gasteiger partial charge >= 0.3 is 11.9 Å². The third kappa shape index (κ3) is 1.87. The molecule has 0 aromatic heterocycles. The molecule has 0 spiro atoms. The van der Waals surface area contributed by atoms with E-state index in [1.165, 1.54) is 6.92 Å². The summed E-state index contributed by atoms with van der Waals surface area (Å²) >= 11 is 0. The van der Waals surface area contributed by atoms with Crippen molar-refractivity contribution in [1.29, 1.82) is 0 Å². The summed E-state index contributed by atoms with van der Waals surface area (Å²) in [4.78, 5) is 21.4. The zero-order valence-corrected chi connectivity index (χ0v) is 7.89. The molecule has 0 bridgehead atoms. The van der Waals surface area contributed by atoms with Crippen molar-refractivity contribution in [3.05, 3.63) is 0 Å². The molecular weight excluding hydrogens is 188 g/mol. The number of hydrogen-bond donors (Lipinski definition) is 0. The standard InChI is InChI=1S/C9H12O5/c1-5(10)12-4-6-2-7-8(13-6)3-9(11)14-7/h6-8H,2-4H2,1H3/t6-,7+,8+/m0/s1. The Morgan fingerprint density at radius 3 is 3.00 bits per heavy atom. The van der Waals surface area contributed by atoms with Crippen LogP contribution in [-0.4, -0.2) is 36.9 Å². The molecule has 0 N–H and O–H groups in total. The third-order valence-corrected chi connectivity index (χ3v) is 2.40. The van der Waals surface area contributed by atoms with Gasteiger partial charge in [-0.15, -0.1) is 0 Å². The van der Waals surface area contributed by atoms with Gasteiger partial charge in [-0.1, -0.05) is 0 Å². The summed E-state index contributed by atoms with van der Waals surface area (Å²) in [6, 6.07) is 0. The normalized spacial score (nSPS) is 35.2. The number of fused-ring (bicyclic) bond motifs is 1. The van der Waals surface area contributed by atoms with Gasteiger partial charge in [-0.25, -0.2) is 0 Å². The SMILES string of the molecule is CC(=O)OC[C@@H]1C[C@H]2OC(=O)C[C@H]2O1. The first-order valence-corrected chi connectivity index (χ1v) is 4.63. The van der Waals surface area contributed by atoms with Crippen LogP contribution in [0.15, 0.2) is 0 Å². The van der Waals surface area contributed by atoms with Gasteiger partial charge in [-0.2, -0.15) is 0 Å². The fourth-order valence-electron chi connectivity index (χ4n) is 1.80. The van der Waals surface area contributed by atoms with E-state index in [9.17, 15) is 9.59 Å². The molecular formula is C9H12O5. The highest BCUT2D eigenvalue weighted by Gasteiger charge is 2.44. The Morgan fingerprint density at radius 1 is 1.57 bits per heavy atom. The Bertz CT molecular complexity index is 246. The highest BCUT2D eigenvalue weighted by Crippen LogP contribution is 2.31. The lowest BCUT2D eigenvalue weighted by molar-refractivity contribution is -0.146. The minimum absolute atomic E-state index is 0.123. The molecule has 2 rings (SSSR count). The van der Waals surface area contributed by atoms with Crippen molar-refractivity contribution in [2.24, 2.45) is 0 Å². The number of hydrogen-bond acceptors (Lipinski definition) is 5. The van der Waals surface area contributed by atoms with Crippen LogP contribution >= 0.6 is 0 Å². The fraction of sp³-hybridized carbons (Fsp3) is 0.778. The molecule has 0 aromatic rings. The molecule has 2 fully saturated rings. The molecule has 78 valence electrons. The van der Waals surface area contributed by atoms with Gasteiger partial charge in [0.25, 0.3) is 0 Å². The first kappa shape index (κ1) is 9.45. The van der Waals surface area contributed by atoms with Crippen LogP contribution in [-0.2, 0) is 23.8 Å². The quantitative estimate of drug-likeness (QED) is 0.588. The summed E-state index contributed by atoms with van der Waals surface area (Å²) in [6.45, 7) is 1.61. The molecule has 2 aliphatic rings. The minimum Gasteiger partial charge on any atom is -0.463 e. The van der Waals surface area contributed by atoms with Gasteiger partial charge in [0.2, 0.25) is 0 Å². The van der Waals surface area contributed by atoms with E-state index in [-0.39, 0.29) is 36.9 Å². The number of carbonyl (C=O) groups is 2. The molecule has 0 unspecified atom stereocenters. The lowest BCUT2D eigenvalue weighted by atomic mass is 10.1. The summed E-state index contributed by atoms with van der Waals surface area (Å²) < 4.78 is 15.3. The van der Waals surface area contributed by atoms with E-state index >= 15 is 0 Å².